The molecule has 0 aliphatic heterocycles. The van der Waals surface area contributed by atoms with E-state index in [9.17, 15) is 9.59 Å². The first-order valence-corrected chi connectivity index (χ1v) is 7.67. The Kier molecular flexibility index (Phi) is 4.73. The van der Waals surface area contributed by atoms with Crippen molar-refractivity contribution in [3.63, 3.8) is 0 Å². The van der Waals surface area contributed by atoms with Gasteiger partial charge in [0.2, 0.25) is 0 Å². The lowest BCUT2D eigenvalue weighted by molar-refractivity contribution is 0.0778. The highest BCUT2D eigenvalue weighted by Crippen LogP contribution is 2.22. The van der Waals surface area contributed by atoms with Crippen molar-refractivity contribution in [2.24, 2.45) is 0 Å². The fourth-order valence-corrected chi connectivity index (χ4v) is 2.92. The van der Waals surface area contributed by atoms with E-state index in [4.69, 9.17) is 4.52 Å². The maximum Gasteiger partial charge on any atom is 0.270 e. The molecule has 0 saturated heterocycles. The van der Waals surface area contributed by atoms with Crippen molar-refractivity contribution < 1.29 is 14.1 Å². The highest BCUT2D eigenvalue weighted by atomic mass is 16.5. The number of carbonyl (C=O) groups is 2. The zero-order valence-electron chi connectivity index (χ0n) is 14.5. The number of hydrogen-bond donors (Lipinski definition) is 1. The van der Waals surface area contributed by atoms with Crippen molar-refractivity contribution >= 4 is 11.7 Å². The van der Waals surface area contributed by atoms with Crippen LogP contribution in [0.15, 0.2) is 4.52 Å². The molecule has 0 spiro atoms. The second-order valence-corrected chi connectivity index (χ2v) is 5.85. The summed E-state index contributed by atoms with van der Waals surface area (Å²) < 4.78 is 5.14. The molecule has 6 nitrogen and oxygen atoms in total. The minimum absolute atomic E-state index is 0.0250. The van der Waals surface area contributed by atoms with Gasteiger partial charge in [-0.1, -0.05) is 12.1 Å². The number of hydrogen-bond acceptors (Lipinski definition) is 4. The summed E-state index contributed by atoms with van der Waals surface area (Å²) in [7, 11) is 1.73. The van der Waals surface area contributed by atoms with E-state index in [0.29, 0.717) is 30.0 Å². The SMILES string of the molecule is CCc1c(C(=O)N(C)Cc2c(C)noc2C)[nH]c(C)c1C(C)=O. The van der Waals surface area contributed by atoms with E-state index in [0.717, 1.165) is 22.5 Å². The van der Waals surface area contributed by atoms with Crippen molar-refractivity contribution in [1.29, 1.82) is 0 Å². The minimum Gasteiger partial charge on any atom is -0.361 e. The lowest BCUT2D eigenvalue weighted by atomic mass is 10.0. The molecule has 1 amide bonds. The minimum atomic E-state index is -0.141. The molecule has 0 aliphatic carbocycles. The van der Waals surface area contributed by atoms with Crippen LogP contribution < -0.4 is 0 Å². The van der Waals surface area contributed by atoms with Crippen LogP contribution in [0.5, 0.6) is 0 Å². The third-order valence-electron chi connectivity index (χ3n) is 4.13. The topological polar surface area (TPSA) is 79.2 Å². The smallest absolute Gasteiger partial charge is 0.270 e. The first kappa shape index (κ1) is 17.0. The summed E-state index contributed by atoms with van der Waals surface area (Å²) in [6, 6.07) is 0. The van der Waals surface area contributed by atoms with Crippen molar-refractivity contribution in [2.75, 3.05) is 7.05 Å². The van der Waals surface area contributed by atoms with E-state index in [-0.39, 0.29) is 11.7 Å². The molecule has 1 N–H and O–H groups in total. The van der Waals surface area contributed by atoms with Gasteiger partial charge >= 0.3 is 0 Å². The zero-order valence-corrected chi connectivity index (χ0v) is 14.5. The number of H-pyrrole nitrogens is 1. The Morgan fingerprint density at radius 3 is 2.35 bits per heavy atom. The molecular formula is C17H23N3O3. The van der Waals surface area contributed by atoms with Gasteiger partial charge in [-0.15, -0.1) is 0 Å². The average Bonchev–Trinajstić information content (AvgIpc) is 2.99. The Hall–Kier alpha value is -2.37. The summed E-state index contributed by atoms with van der Waals surface area (Å²) in [5, 5.41) is 3.91. The third kappa shape index (κ3) is 3.06. The monoisotopic (exact) mass is 317 g/mol. The van der Waals surface area contributed by atoms with Crippen LogP contribution in [0, 0.1) is 20.8 Å². The standard InChI is InChI=1S/C17H23N3O3/c1-7-13-15(11(4)21)10(3)18-16(13)17(22)20(6)8-14-9(2)19-23-12(14)5/h18H,7-8H2,1-6H3. The molecule has 23 heavy (non-hydrogen) atoms. The van der Waals surface area contributed by atoms with Crippen molar-refractivity contribution in [3.05, 3.63) is 39.5 Å². The second kappa shape index (κ2) is 6.40. The van der Waals surface area contributed by atoms with E-state index < -0.39 is 0 Å². The number of nitrogens with one attached hydrogen (secondary N) is 1. The predicted octanol–water partition coefficient (Wildman–Crippen LogP) is 2.97. The van der Waals surface area contributed by atoms with E-state index in [1.807, 2.05) is 27.7 Å². The summed E-state index contributed by atoms with van der Waals surface area (Å²) in [4.78, 5) is 29.3. The number of carbonyl (C=O) groups excluding carboxylic acids is 2. The number of nitrogens with zero attached hydrogens (tertiary/aromatic N) is 2. The number of aromatic amines is 1. The number of rotatable bonds is 5. The Balaban J connectivity index is 2.33. The highest BCUT2D eigenvalue weighted by molar-refractivity contribution is 6.02. The van der Waals surface area contributed by atoms with Crippen LogP contribution in [-0.2, 0) is 13.0 Å². The normalized spacial score (nSPS) is 10.9. The molecule has 0 saturated carbocycles. The van der Waals surface area contributed by atoms with Gasteiger partial charge in [0.05, 0.1) is 12.2 Å². The summed E-state index contributed by atoms with van der Waals surface area (Å²) in [6.07, 6.45) is 0.624. The van der Waals surface area contributed by atoms with Crippen LogP contribution in [0.4, 0.5) is 0 Å². The van der Waals surface area contributed by atoms with Gasteiger partial charge in [0, 0.05) is 23.9 Å². The summed E-state index contributed by atoms with van der Waals surface area (Å²) in [5.74, 6) is 0.547. The Bertz CT molecular complexity index is 736. The lowest BCUT2D eigenvalue weighted by Gasteiger charge is -2.17. The molecule has 0 radical (unpaired) electrons. The van der Waals surface area contributed by atoms with Crippen LogP contribution >= 0.6 is 0 Å². The number of aromatic nitrogens is 2. The van der Waals surface area contributed by atoms with Crippen LogP contribution in [0.1, 0.15) is 63.0 Å². The van der Waals surface area contributed by atoms with E-state index in [2.05, 4.69) is 10.1 Å². The van der Waals surface area contributed by atoms with Crippen LogP contribution in [-0.4, -0.2) is 33.8 Å². The molecule has 0 bridgehead atoms. The first-order valence-electron chi connectivity index (χ1n) is 7.67. The molecule has 124 valence electrons. The molecule has 0 fully saturated rings. The molecule has 0 unspecified atom stereocenters. The first-order chi connectivity index (χ1) is 10.8. The number of aryl methyl sites for hydroxylation is 3. The van der Waals surface area contributed by atoms with Crippen LogP contribution in [0.3, 0.4) is 0 Å². The van der Waals surface area contributed by atoms with Crippen LogP contribution in [0.2, 0.25) is 0 Å². The highest BCUT2D eigenvalue weighted by Gasteiger charge is 2.24. The van der Waals surface area contributed by atoms with Gasteiger partial charge in [-0.3, -0.25) is 9.59 Å². The summed E-state index contributed by atoms with van der Waals surface area (Å²) >= 11 is 0. The molecule has 2 rings (SSSR count). The maximum atomic E-state index is 12.8. The van der Waals surface area contributed by atoms with Gasteiger partial charge in [0.25, 0.3) is 5.91 Å². The van der Waals surface area contributed by atoms with Gasteiger partial charge in [0.15, 0.2) is 5.78 Å². The number of Topliss-reactive ketones (excluding diaryl/α,β-unsaturated/α-hetero) is 1. The largest absolute Gasteiger partial charge is 0.361 e. The van der Waals surface area contributed by atoms with Gasteiger partial charge in [-0.05, 0) is 39.7 Å². The third-order valence-corrected chi connectivity index (χ3v) is 4.13. The van der Waals surface area contributed by atoms with Gasteiger partial charge in [-0.25, -0.2) is 0 Å². The molecule has 2 aromatic rings. The Labute approximate surface area is 135 Å². The number of amides is 1. The van der Waals surface area contributed by atoms with Crippen molar-refractivity contribution in [3.8, 4) is 0 Å². The van der Waals surface area contributed by atoms with Gasteiger partial charge < -0.3 is 14.4 Å². The molecule has 0 aliphatic rings. The molecule has 6 heteroatoms. The second-order valence-electron chi connectivity index (χ2n) is 5.85. The van der Waals surface area contributed by atoms with Gasteiger partial charge in [-0.2, -0.15) is 0 Å². The summed E-state index contributed by atoms with van der Waals surface area (Å²) in [6.45, 7) is 9.39. The van der Waals surface area contributed by atoms with Crippen LogP contribution in [0.25, 0.3) is 0 Å². The maximum absolute atomic E-state index is 12.8. The number of ketones is 1. The fourth-order valence-electron chi connectivity index (χ4n) is 2.92. The molecule has 0 atom stereocenters. The average molecular weight is 317 g/mol. The van der Waals surface area contributed by atoms with E-state index >= 15 is 0 Å². The zero-order chi connectivity index (χ0) is 17.3. The Morgan fingerprint density at radius 1 is 1.22 bits per heavy atom. The Morgan fingerprint density at radius 2 is 1.87 bits per heavy atom. The van der Waals surface area contributed by atoms with Crippen molar-refractivity contribution in [2.45, 2.75) is 47.6 Å². The molecule has 2 heterocycles. The molecular weight excluding hydrogens is 294 g/mol. The van der Waals surface area contributed by atoms with E-state index in [1.54, 1.807) is 11.9 Å². The predicted molar refractivity (Wildman–Crippen MR) is 86.7 cm³/mol. The molecule has 2 aromatic heterocycles. The van der Waals surface area contributed by atoms with E-state index in [1.165, 1.54) is 6.92 Å². The van der Waals surface area contributed by atoms with Gasteiger partial charge in [0.1, 0.15) is 11.5 Å². The fraction of sp³-hybridized carbons (Fsp3) is 0.471. The molecule has 0 aromatic carbocycles. The lowest BCUT2D eigenvalue weighted by Crippen LogP contribution is -2.28. The summed E-state index contributed by atoms with van der Waals surface area (Å²) in [5.41, 5.74) is 4.33. The van der Waals surface area contributed by atoms with Crippen molar-refractivity contribution in [1.82, 2.24) is 15.0 Å². The quantitative estimate of drug-likeness (QED) is 0.860.